The number of aryl methyl sites for hydroxylation is 2. The molecule has 48 heavy (non-hydrogen) atoms. The lowest BCUT2D eigenvalue weighted by molar-refractivity contribution is -0.149. The average Bonchev–Trinajstić information content (AvgIpc) is 3.80. The molecule has 0 saturated carbocycles. The van der Waals surface area contributed by atoms with Crippen LogP contribution >= 0.6 is 50.2 Å². The van der Waals surface area contributed by atoms with Gasteiger partial charge >= 0.3 is 11.9 Å². The lowest BCUT2D eigenvalue weighted by Crippen LogP contribution is -2.23. The van der Waals surface area contributed by atoms with E-state index in [1.165, 1.54) is 32.8 Å². The lowest BCUT2D eigenvalue weighted by Gasteiger charge is -2.20. The highest BCUT2D eigenvalue weighted by molar-refractivity contribution is 9.10. The molecule has 1 N–H and O–H groups in total. The molecule has 0 fully saturated rings. The third-order valence-electron chi connectivity index (χ3n) is 8.86. The number of thiophene rings is 2. The normalized spacial score (nSPS) is 17.7. The van der Waals surface area contributed by atoms with E-state index in [9.17, 15) is 9.59 Å². The van der Waals surface area contributed by atoms with Crippen LogP contribution in [0.3, 0.4) is 0 Å². The monoisotopic (exact) mass is 766 g/mol. The Morgan fingerprint density at radius 3 is 2.15 bits per heavy atom. The first-order valence-electron chi connectivity index (χ1n) is 15.9. The fraction of sp³-hybridized carbons (Fsp3) is 0.382. The van der Waals surface area contributed by atoms with Crippen molar-refractivity contribution in [3.05, 3.63) is 66.4 Å². The molecular formula is C34H32BrClN6O4S2. The summed E-state index contributed by atoms with van der Waals surface area (Å²) in [5.74, 6) is 0.515. The van der Waals surface area contributed by atoms with Crippen LogP contribution in [0.4, 0.5) is 11.5 Å². The molecule has 1 aliphatic heterocycles. The second kappa shape index (κ2) is 14.1. The number of hydrogen-bond acceptors (Lipinski definition) is 12. The van der Waals surface area contributed by atoms with Gasteiger partial charge in [-0.3, -0.25) is 14.6 Å². The van der Waals surface area contributed by atoms with Gasteiger partial charge in [-0.2, -0.15) is 0 Å². The molecule has 248 valence electrons. The van der Waals surface area contributed by atoms with Crippen LogP contribution in [0.5, 0.6) is 0 Å². The van der Waals surface area contributed by atoms with E-state index in [1.54, 1.807) is 29.0 Å². The number of hydrogen-bond donors (Lipinski definition) is 1. The molecule has 0 amide bonds. The third kappa shape index (κ3) is 6.45. The van der Waals surface area contributed by atoms with Crippen molar-refractivity contribution in [1.82, 2.24) is 19.9 Å². The van der Waals surface area contributed by atoms with Crippen molar-refractivity contribution in [2.45, 2.75) is 58.9 Å². The number of carbonyl (C=O) groups is 2. The van der Waals surface area contributed by atoms with E-state index in [0.717, 1.165) is 80.6 Å². The van der Waals surface area contributed by atoms with Crippen molar-refractivity contribution < 1.29 is 19.1 Å². The largest absolute Gasteiger partial charge is 0.466 e. The van der Waals surface area contributed by atoms with Crippen LogP contribution in [0.15, 0.2) is 34.3 Å². The molecule has 3 aliphatic rings. The molecule has 10 nitrogen and oxygen atoms in total. The number of esters is 2. The van der Waals surface area contributed by atoms with Gasteiger partial charge in [0.25, 0.3) is 0 Å². The summed E-state index contributed by atoms with van der Waals surface area (Å²) in [6, 6.07) is 4.20. The smallest absolute Gasteiger partial charge is 0.309 e. The molecule has 1 aromatic carbocycles. The number of halogens is 2. The van der Waals surface area contributed by atoms with Crippen LogP contribution in [0.1, 0.15) is 58.7 Å². The van der Waals surface area contributed by atoms with E-state index >= 15 is 0 Å². The summed E-state index contributed by atoms with van der Waals surface area (Å²) in [5, 5.41) is 6.03. The highest BCUT2D eigenvalue weighted by atomic mass is 79.9. The number of aliphatic imine (C=N–C) groups is 1. The molecule has 5 aromatic rings. The molecule has 0 unspecified atom stereocenters. The predicted molar refractivity (Wildman–Crippen MR) is 193 cm³/mol. The number of anilines is 2. The summed E-state index contributed by atoms with van der Waals surface area (Å²) in [5.41, 5.74) is 5.77. The summed E-state index contributed by atoms with van der Waals surface area (Å²) >= 11 is 13.1. The van der Waals surface area contributed by atoms with Crippen molar-refractivity contribution >= 4 is 100 Å². The SMILES string of the molecule is CCOC(=O)[C@H]1CCc2c(sc3ncnc(Cl)c23)C1.CCOC(=O)[C@H]1CCc2c(sc3ncnc(Nc4cc5c(cc4Br)CN=C5)c23)C1. The minimum absolute atomic E-state index is 0.0350. The second-order valence-electron chi connectivity index (χ2n) is 11.8. The summed E-state index contributed by atoms with van der Waals surface area (Å²) in [6.45, 7) is 5.27. The Labute approximate surface area is 298 Å². The first kappa shape index (κ1) is 33.0. The predicted octanol–water partition coefficient (Wildman–Crippen LogP) is 7.81. The Morgan fingerprint density at radius 2 is 1.50 bits per heavy atom. The summed E-state index contributed by atoms with van der Waals surface area (Å²) in [7, 11) is 0. The van der Waals surface area contributed by atoms with E-state index in [0.29, 0.717) is 24.8 Å². The number of carbonyl (C=O) groups excluding carboxylic acids is 2. The fourth-order valence-electron chi connectivity index (χ4n) is 6.55. The molecule has 0 spiro atoms. The quantitative estimate of drug-likeness (QED) is 0.136. The molecule has 2 atom stereocenters. The van der Waals surface area contributed by atoms with E-state index < -0.39 is 0 Å². The van der Waals surface area contributed by atoms with Gasteiger partial charge in [-0.25, -0.2) is 19.9 Å². The third-order valence-corrected chi connectivity index (χ3v) is 12.1. The van der Waals surface area contributed by atoms with Crippen molar-refractivity contribution in [3.8, 4) is 0 Å². The van der Waals surface area contributed by atoms with Gasteiger partial charge in [-0.05, 0) is 103 Å². The number of aromatic nitrogens is 4. The van der Waals surface area contributed by atoms with Crippen molar-refractivity contribution in [2.24, 2.45) is 16.8 Å². The molecule has 8 rings (SSSR count). The van der Waals surface area contributed by atoms with Gasteiger partial charge in [-0.1, -0.05) is 11.6 Å². The van der Waals surface area contributed by atoms with Gasteiger partial charge in [0.1, 0.15) is 33.3 Å². The zero-order valence-corrected chi connectivity index (χ0v) is 30.3. The Hall–Kier alpha value is -3.52. The van der Waals surface area contributed by atoms with Crippen LogP contribution in [0.25, 0.3) is 20.4 Å². The highest BCUT2D eigenvalue weighted by Crippen LogP contribution is 2.42. The van der Waals surface area contributed by atoms with E-state index in [4.69, 9.17) is 21.1 Å². The molecule has 0 saturated heterocycles. The number of rotatable bonds is 6. The maximum Gasteiger partial charge on any atom is 0.309 e. The van der Waals surface area contributed by atoms with E-state index in [-0.39, 0.29) is 23.8 Å². The molecule has 4 aromatic heterocycles. The van der Waals surface area contributed by atoms with E-state index in [1.807, 2.05) is 20.1 Å². The Balaban J connectivity index is 0.000000166. The van der Waals surface area contributed by atoms with Gasteiger partial charge in [0.2, 0.25) is 0 Å². The number of nitrogens with zero attached hydrogens (tertiary/aromatic N) is 5. The van der Waals surface area contributed by atoms with Gasteiger partial charge in [-0.15, -0.1) is 22.7 Å². The van der Waals surface area contributed by atoms with Crippen molar-refractivity contribution in [2.75, 3.05) is 18.5 Å². The summed E-state index contributed by atoms with van der Waals surface area (Å²) in [6.07, 6.45) is 9.70. The zero-order chi connectivity index (χ0) is 33.4. The van der Waals surface area contributed by atoms with Crippen LogP contribution in [0, 0.1) is 11.8 Å². The molecule has 5 heterocycles. The molecule has 0 radical (unpaired) electrons. The first-order valence-corrected chi connectivity index (χ1v) is 18.7. The van der Waals surface area contributed by atoms with E-state index in [2.05, 4.69) is 58.3 Å². The summed E-state index contributed by atoms with van der Waals surface area (Å²) < 4.78 is 11.3. The number of ether oxygens (including phenoxy) is 2. The maximum absolute atomic E-state index is 12.2. The van der Waals surface area contributed by atoms with Crippen LogP contribution in [-0.4, -0.2) is 51.3 Å². The lowest BCUT2D eigenvalue weighted by atomic mass is 9.88. The van der Waals surface area contributed by atoms with Gasteiger partial charge in [0.05, 0.1) is 48.1 Å². The summed E-state index contributed by atoms with van der Waals surface area (Å²) in [4.78, 5) is 50.0. The topological polar surface area (TPSA) is 129 Å². The molecule has 2 aliphatic carbocycles. The van der Waals surface area contributed by atoms with Gasteiger partial charge in [0, 0.05) is 20.4 Å². The van der Waals surface area contributed by atoms with Crippen LogP contribution < -0.4 is 5.32 Å². The molecular weight excluding hydrogens is 736 g/mol. The van der Waals surface area contributed by atoms with Gasteiger partial charge in [0.15, 0.2) is 0 Å². The Bertz CT molecular complexity index is 2080. The van der Waals surface area contributed by atoms with Crippen molar-refractivity contribution in [3.63, 3.8) is 0 Å². The first-order chi connectivity index (χ1) is 23.3. The highest BCUT2D eigenvalue weighted by Gasteiger charge is 2.31. The second-order valence-corrected chi connectivity index (χ2v) is 15.1. The number of fused-ring (bicyclic) bond motifs is 7. The zero-order valence-electron chi connectivity index (χ0n) is 26.3. The number of nitrogens with one attached hydrogen (secondary N) is 1. The Kier molecular flexibility index (Phi) is 9.72. The molecule has 0 bridgehead atoms. The fourth-order valence-corrected chi connectivity index (χ4v) is 9.88. The maximum atomic E-state index is 12.2. The minimum atomic E-state index is -0.0946. The average molecular weight is 768 g/mol. The number of benzene rings is 1. The standard InChI is InChI=1S/C21H19BrN4O2S.C13H13ClN2O2S/c1-2-28-21(27)11-3-4-14-17(7-11)29-20-18(14)19(24-10-25-20)26-16-6-13-9-23-8-12(13)5-15(16)22;1-2-18-13(17)7-3-4-8-9(5-7)19-12-10(8)11(14)15-6-16-12/h5-6,9-11H,2-4,7-8H2,1H3,(H,24,25,26);6-7H,2-5H2,1H3/t11-;7-/m00/s1. The van der Waals surface area contributed by atoms with Crippen LogP contribution in [-0.2, 0) is 51.3 Å². The minimum Gasteiger partial charge on any atom is -0.466 e. The Morgan fingerprint density at radius 1 is 0.896 bits per heavy atom. The van der Waals surface area contributed by atoms with Gasteiger partial charge < -0.3 is 14.8 Å². The van der Waals surface area contributed by atoms with Crippen molar-refractivity contribution in [1.29, 1.82) is 0 Å². The molecule has 14 heteroatoms. The van der Waals surface area contributed by atoms with Crippen LogP contribution in [0.2, 0.25) is 5.15 Å².